The highest BCUT2D eigenvalue weighted by molar-refractivity contribution is 5.51. The number of hydrogen-bond acceptors (Lipinski definition) is 6. The van der Waals surface area contributed by atoms with Gasteiger partial charge < -0.3 is 20.8 Å². The molecule has 1 unspecified atom stereocenters. The second-order valence-electron chi connectivity index (χ2n) is 5.82. The molecule has 0 saturated heterocycles. The van der Waals surface area contributed by atoms with Crippen molar-refractivity contribution in [2.75, 3.05) is 12.4 Å². The molecular formula is C18H31F3N6O2. The van der Waals surface area contributed by atoms with Gasteiger partial charge in [0.1, 0.15) is 17.8 Å². The zero-order chi connectivity index (χ0) is 22.1. The number of nitrogens with one attached hydrogen (secondary N) is 3. The Hall–Kier alpha value is -2.56. The Labute approximate surface area is 168 Å². The molecule has 0 aliphatic rings. The molecule has 0 bridgehead atoms. The highest BCUT2D eigenvalue weighted by Gasteiger charge is 2.08. The Balaban J connectivity index is 0.000000563. The lowest BCUT2D eigenvalue weighted by molar-refractivity contribution is -0.0528. The quantitative estimate of drug-likeness (QED) is 0.429. The topological polar surface area (TPSA) is 122 Å². The van der Waals surface area contributed by atoms with E-state index in [1.54, 1.807) is 0 Å². The number of rotatable bonds is 10. The first kappa shape index (κ1) is 26.4. The smallest absolute Gasteiger partial charge is 0.388 e. The Morgan fingerprint density at radius 3 is 2.41 bits per heavy atom. The molecule has 11 heteroatoms. The maximum absolute atomic E-state index is 12.7. The highest BCUT2D eigenvalue weighted by atomic mass is 19.3. The fraction of sp³-hybridized carbons (Fsp3) is 0.611. The van der Waals surface area contributed by atoms with Crippen molar-refractivity contribution in [2.24, 2.45) is 5.73 Å². The Kier molecular flexibility index (Phi) is 15.0. The molecule has 0 spiro atoms. The van der Waals surface area contributed by atoms with Crippen LogP contribution in [0.15, 0.2) is 23.3 Å². The summed E-state index contributed by atoms with van der Waals surface area (Å²) in [6, 6.07) is 1.22. The third kappa shape index (κ3) is 13.3. The van der Waals surface area contributed by atoms with Crippen molar-refractivity contribution < 1.29 is 17.9 Å². The number of alkyl halides is 3. The number of nitrogens with zero attached hydrogens (tertiary/aromatic N) is 2. The Morgan fingerprint density at radius 1 is 1.10 bits per heavy atom. The molecule has 2 aromatic rings. The van der Waals surface area contributed by atoms with Crippen molar-refractivity contribution in [3.63, 3.8) is 0 Å². The summed E-state index contributed by atoms with van der Waals surface area (Å²) in [4.78, 5) is 17.0. The first-order valence-corrected chi connectivity index (χ1v) is 9.47. The number of aromatic amines is 2. The molecule has 2 heterocycles. The summed E-state index contributed by atoms with van der Waals surface area (Å²) in [6.07, 6.45) is 7.88. The maximum Gasteiger partial charge on any atom is 0.388 e. The van der Waals surface area contributed by atoms with Crippen LogP contribution in [0.3, 0.4) is 0 Å². The average Bonchev–Trinajstić information content (AvgIpc) is 3.10. The van der Waals surface area contributed by atoms with Gasteiger partial charge in [0.2, 0.25) is 5.88 Å². The van der Waals surface area contributed by atoms with E-state index in [1.807, 2.05) is 6.92 Å². The molecule has 0 aliphatic carbocycles. The minimum Gasteiger partial charge on any atom is -0.415 e. The first-order valence-electron chi connectivity index (χ1n) is 9.47. The van der Waals surface area contributed by atoms with Gasteiger partial charge in [0.25, 0.3) is 5.56 Å². The Morgan fingerprint density at radius 2 is 1.83 bits per heavy atom. The van der Waals surface area contributed by atoms with Crippen molar-refractivity contribution in [3.05, 3.63) is 28.8 Å². The van der Waals surface area contributed by atoms with E-state index in [9.17, 15) is 18.0 Å². The third-order valence-electron chi connectivity index (χ3n) is 3.41. The van der Waals surface area contributed by atoms with Gasteiger partial charge in [-0.3, -0.25) is 14.9 Å². The van der Waals surface area contributed by atoms with Crippen LogP contribution in [0.25, 0.3) is 0 Å². The van der Waals surface area contributed by atoms with Crippen molar-refractivity contribution in [1.82, 2.24) is 20.2 Å². The van der Waals surface area contributed by atoms with E-state index in [-0.39, 0.29) is 11.7 Å². The van der Waals surface area contributed by atoms with E-state index in [2.05, 4.69) is 42.9 Å². The molecule has 29 heavy (non-hydrogen) atoms. The summed E-state index contributed by atoms with van der Waals surface area (Å²) in [5.74, 6) is 0.322. The van der Waals surface area contributed by atoms with E-state index in [1.165, 1.54) is 32.2 Å². The molecule has 0 aliphatic heterocycles. The molecule has 2 aromatic heterocycles. The van der Waals surface area contributed by atoms with Crippen LogP contribution in [0.4, 0.5) is 24.8 Å². The van der Waals surface area contributed by atoms with Crippen LogP contribution in [-0.4, -0.2) is 40.0 Å². The fourth-order valence-corrected chi connectivity index (χ4v) is 2.18. The van der Waals surface area contributed by atoms with Gasteiger partial charge in [-0.15, -0.1) is 5.10 Å². The second kappa shape index (κ2) is 16.4. The predicted octanol–water partition coefficient (Wildman–Crippen LogP) is 4.12. The number of nitrogens with two attached hydrogens (primary N) is 1. The van der Waals surface area contributed by atoms with Gasteiger partial charge in [0, 0.05) is 6.07 Å². The molecule has 166 valence electrons. The van der Waals surface area contributed by atoms with Crippen LogP contribution in [0.2, 0.25) is 0 Å². The monoisotopic (exact) mass is 420 g/mol. The van der Waals surface area contributed by atoms with Crippen LogP contribution in [0, 0.1) is 0 Å². The van der Waals surface area contributed by atoms with Crippen molar-refractivity contribution in [2.45, 2.75) is 65.2 Å². The van der Waals surface area contributed by atoms with Gasteiger partial charge in [-0.25, -0.2) is 4.39 Å². The van der Waals surface area contributed by atoms with Gasteiger partial charge in [-0.2, -0.15) is 8.78 Å². The molecular weight excluding hydrogens is 389 g/mol. The minimum atomic E-state index is -2.94. The lowest BCUT2D eigenvalue weighted by Gasteiger charge is -2.04. The largest absolute Gasteiger partial charge is 0.415 e. The van der Waals surface area contributed by atoms with E-state index in [4.69, 9.17) is 0 Å². The van der Waals surface area contributed by atoms with E-state index in [0.717, 1.165) is 31.9 Å². The minimum absolute atomic E-state index is 0.256. The molecule has 2 rings (SSSR count). The number of anilines is 2. The van der Waals surface area contributed by atoms with Crippen LogP contribution >= 0.6 is 0 Å². The number of H-pyrrole nitrogens is 2. The van der Waals surface area contributed by atoms with E-state index < -0.39 is 18.3 Å². The van der Waals surface area contributed by atoms with Gasteiger partial charge in [-0.05, 0) is 19.9 Å². The average molecular weight is 420 g/mol. The van der Waals surface area contributed by atoms with Crippen LogP contribution in [-0.2, 0) is 0 Å². The van der Waals surface area contributed by atoms with Crippen molar-refractivity contribution >= 4 is 11.6 Å². The number of aromatic nitrogens is 4. The van der Waals surface area contributed by atoms with Gasteiger partial charge in [-0.1, -0.05) is 39.5 Å². The van der Waals surface area contributed by atoms with Crippen LogP contribution < -0.4 is 21.3 Å². The maximum atomic E-state index is 12.7. The van der Waals surface area contributed by atoms with Crippen LogP contribution in [0.5, 0.6) is 5.88 Å². The normalized spacial score (nSPS) is 11.0. The summed E-state index contributed by atoms with van der Waals surface area (Å²) in [5.41, 5.74) is 4.11. The lowest BCUT2D eigenvalue weighted by atomic mass is 10.1. The molecule has 8 nitrogen and oxygen atoms in total. The summed E-state index contributed by atoms with van der Waals surface area (Å²) in [5, 5.41) is 8.56. The molecule has 0 radical (unpaired) electrons. The molecule has 0 fully saturated rings. The first-order chi connectivity index (χ1) is 13.9. The van der Waals surface area contributed by atoms with E-state index >= 15 is 0 Å². The SMILES string of the molecule is CCCCCC(F)CCC.CN.O=c1cncc(Nc2cc(OC(F)F)n[nH]2)[nH]1. The van der Waals surface area contributed by atoms with Gasteiger partial charge in [0.15, 0.2) is 0 Å². The van der Waals surface area contributed by atoms with E-state index in [0.29, 0.717) is 5.82 Å². The summed E-state index contributed by atoms with van der Waals surface area (Å²) < 4.78 is 40.5. The fourth-order valence-electron chi connectivity index (χ4n) is 2.18. The molecule has 1 atom stereocenters. The molecule has 5 N–H and O–H groups in total. The van der Waals surface area contributed by atoms with Gasteiger partial charge in [0.05, 0.1) is 12.4 Å². The highest BCUT2D eigenvalue weighted by Crippen LogP contribution is 2.17. The zero-order valence-electron chi connectivity index (χ0n) is 17.1. The Bertz CT molecular complexity index is 696. The second-order valence-corrected chi connectivity index (χ2v) is 5.82. The molecule has 0 aromatic carbocycles. The summed E-state index contributed by atoms with van der Waals surface area (Å²) >= 11 is 0. The summed E-state index contributed by atoms with van der Waals surface area (Å²) in [6.45, 7) is 1.24. The predicted molar refractivity (Wildman–Crippen MR) is 107 cm³/mol. The molecule has 0 amide bonds. The number of hydrogen-bond donors (Lipinski definition) is 4. The third-order valence-corrected chi connectivity index (χ3v) is 3.41. The van der Waals surface area contributed by atoms with Crippen molar-refractivity contribution in [3.8, 4) is 5.88 Å². The summed E-state index contributed by atoms with van der Waals surface area (Å²) in [7, 11) is 1.50. The lowest BCUT2D eigenvalue weighted by Crippen LogP contribution is -2.07. The molecule has 0 saturated carbocycles. The van der Waals surface area contributed by atoms with Crippen LogP contribution in [0.1, 0.15) is 52.4 Å². The number of ether oxygens (including phenoxy) is 1. The number of unbranched alkanes of at least 4 members (excludes halogenated alkanes) is 2. The number of halogens is 3. The van der Waals surface area contributed by atoms with Gasteiger partial charge >= 0.3 is 6.61 Å². The zero-order valence-corrected chi connectivity index (χ0v) is 17.1. The standard InChI is InChI=1S/C9H19F.C8H7F2N5O2.CH5N/c1-3-5-6-8-9(10)7-4-2;9-8(10)17-7-1-4(14-15-7)12-5-2-11-3-6(16)13-5;1-2/h9H,3-8H2,1-2H3;1-3,8H,(H3,12,13,14,15,16);2H2,1H3. The van der Waals surface area contributed by atoms with Crippen molar-refractivity contribution in [1.29, 1.82) is 0 Å².